The smallest absolute Gasteiger partial charge is 0.318 e. The Kier molecular flexibility index (Phi) is 6.38. The molecular weight excluding hydrogens is 321 g/mol. The van der Waals surface area contributed by atoms with Gasteiger partial charge in [0.1, 0.15) is 6.04 Å². The number of likely N-dealkylation sites (tertiary alicyclic amines) is 1. The van der Waals surface area contributed by atoms with Gasteiger partial charge in [-0.25, -0.2) is 4.79 Å². The third-order valence-electron chi connectivity index (χ3n) is 3.49. The van der Waals surface area contributed by atoms with Crippen LogP contribution in [0.3, 0.4) is 0 Å². The van der Waals surface area contributed by atoms with Crippen LogP contribution in [0.15, 0.2) is 18.2 Å². The molecule has 1 fully saturated rings. The maximum Gasteiger partial charge on any atom is 0.318 e. The first-order chi connectivity index (χ1) is 10.6. The molecule has 118 valence electrons. The molecule has 0 radical (unpaired) electrons. The maximum absolute atomic E-state index is 12.1. The normalized spacial score (nSPS) is 15.7. The summed E-state index contributed by atoms with van der Waals surface area (Å²) in [5.74, 6) is 5.93. The first-order valence-corrected chi connectivity index (χ1v) is 8.08. The number of halogens is 2. The van der Waals surface area contributed by atoms with E-state index >= 15 is 0 Å². The molecule has 2 rings (SSSR count). The summed E-state index contributed by atoms with van der Waals surface area (Å²) in [5, 5.41) is 3.80. The number of rotatable bonds is 2. The number of hydrogen-bond donors (Lipinski definition) is 2. The van der Waals surface area contributed by atoms with Gasteiger partial charge in [-0.1, -0.05) is 35.0 Å². The molecule has 3 N–H and O–H groups in total. The number of amides is 2. The Bertz CT molecular complexity index is 589. The third-order valence-corrected chi connectivity index (χ3v) is 4.23. The lowest BCUT2D eigenvalue weighted by Gasteiger charge is -2.27. The number of carbonyl (C=O) groups is 1. The van der Waals surface area contributed by atoms with Gasteiger partial charge >= 0.3 is 6.03 Å². The van der Waals surface area contributed by atoms with Gasteiger partial charge in [-0.2, -0.15) is 0 Å². The first-order valence-electron chi connectivity index (χ1n) is 7.32. The van der Waals surface area contributed by atoms with Crippen LogP contribution in [0, 0.1) is 11.8 Å². The second-order valence-electron chi connectivity index (χ2n) is 5.18. The molecule has 1 aromatic rings. The van der Waals surface area contributed by atoms with Crippen molar-refractivity contribution in [3.8, 4) is 11.8 Å². The van der Waals surface area contributed by atoms with Crippen LogP contribution in [-0.2, 0) is 0 Å². The van der Waals surface area contributed by atoms with Crippen LogP contribution in [-0.4, -0.2) is 36.6 Å². The van der Waals surface area contributed by atoms with Gasteiger partial charge in [-0.3, -0.25) is 0 Å². The second kappa shape index (κ2) is 8.28. The molecule has 0 aliphatic carbocycles. The van der Waals surface area contributed by atoms with E-state index in [-0.39, 0.29) is 18.6 Å². The molecule has 1 saturated heterocycles. The number of nitrogens with one attached hydrogen (secondary N) is 1. The summed E-state index contributed by atoms with van der Waals surface area (Å²) in [6.07, 6.45) is 3.28. The number of carbonyl (C=O) groups excluding carboxylic acids is 1. The van der Waals surface area contributed by atoms with Crippen LogP contribution in [0.1, 0.15) is 24.8 Å². The molecule has 1 heterocycles. The Morgan fingerprint density at radius 2 is 2.00 bits per heavy atom. The number of hydrogen-bond acceptors (Lipinski definition) is 2. The van der Waals surface area contributed by atoms with Crippen LogP contribution < -0.4 is 11.1 Å². The Hall–Kier alpha value is -1.41. The topological polar surface area (TPSA) is 58.4 Å². The van der Waals surface area contributed by atoms with Gasteiger partial charge in [0.05, 0.1) is 10.0 Å². The van der Waals surface area contributed by atoms with Crippen molar-refractivity contribution in [3.05, 3.63) is 33.8 Å². The molecule has 22 heavy (non-hydrogen) atoms. The van der Waals surface area contributed by atoms with E-state index in [1.165, 1.54) is 6.42 Å². The van der Waals surface area contributed by atoms with Gasteiger partial charge in [-0.05, 0) is 37.5 Å². The van der Waals surface area contributed by atoms with Crippen LogP contribution in [0.4, 0.5) is 4.79 Å². The predicted octanol–water partition coefficient (Wildman–Crippen LogP) is 2.87. The molecular formula is C16H19Cl2N3O. The summed E-state index contributed by atoms with van der Waals surface area (Å²) in [4.78, 5) is 13.9. The molecule has 1 aromatic carbocycles. The SMILES string of the molecule is NCC(C#Cc1ccc(Cl)c(Cl)c1)NC(=O)N1CCCCC1. The molecule has 0 aromatic heterocycles. The van der Waals surface area contributed by atoms with E-state index in [0.717, 1.165) is 31.5 Å². The second-order valence-corrected chi connectivity index (χ2v) is 6.00. The van der Waals surface area contributed by atoms with Crippen molar-refractivity contribution in [1.82, 2.24) is 10.2 Å². The van der Waals surface area contributed by atoms with E-state index in [4.69, 9.17) is 28.9 Å². The van der Waals surface area contributed by atoms with E-state index in [1.807, 2.05) is 4.90 Å². The molecule has 2 amide bonds. The molecule has 1 atom stereocenters. The van der Waals surface area contributed by atoms with E-state index in [1.54, 1.807) is 18.2 Å². The van der Waals surface area contributed by atoms with Crippen molar-refractivity contribution in [2.75, 3.05) is 19.6 Å². The Morgan fingerprint density at radius 3 is 2.64 bits per heavy atom. The van der Waals surface area contributed by atoms with Crippen LogP contribution in [0.2, 0.25) is 10.0 Å². The fourth-order valence-corrected chi connectivity index (χ4v) is 2.53. The minimum atomic E-state index is -0.385. The number of nitrogens with zero attached hydrogens (tertiary/aromatic N) is 1. The lowest BCUT2D eigenvalue weighted by Crippen LogP contribution is -2.48. The lowest BCUT2D eigenvalue weighted by atomic mass is 10.1. The first kappa shape index (κ1) is 17.0. The van der Waals surface area contributed by atoms with Gasteiger partial charge in [0.2, 0.25) is 0 Å². The molecule has 0 bridgehead atoms. The lowest BCUT2D eigenvalue weighted by molar-refractivity contribution is 0.185. The average Bonchev–Trinajstić information content (AvgIpc) is 2.55. The number of benzene rings is 1. The van der Waals surface area contributed by atoms with Crippen molar-refractivity contribution in [2.24, 2.45) is 5.73 Å². The number of piperidine rings is 1. The standard InChI is InChI=1S/C16H19Cl2N3O/c17-14-7-5-12(10-15(14)18)4-6-13(11-19)20-16(22)21-8-2-1-3-9-21/h5,7,10,13H,1-3,8-9,11,19H2,(H,20,22). The Balaban J connectivity index is 1.98. The fraction of sp³-hybridized carbons (Fsp3) is 0.438. The molecule has 1 aliphatic rings. The van der Waals surface area contributed by atoms with Crippen molar-refractivity contribution < 1.29 is 4.79 Å². The van der Waals surface area contributed by atoms with E-state index in [9.17, 15) is 4.79 Å². The van der Waals surface area contributed by atoms with E-state index in [2.05, 4.69) is 17.2 Å². The molecule has 6 heteroatoms. The highest BCUT2D eigenvalue weighted by Crippen LogP contribution is 2.22. The van der Waals surface area contributed by atoms with Gasteiger partial charge in [0.15, 0.2) is 0 Å². The highest BCUT2D eigenvalue weighted by Gasteiger charge is 2.18. The van der Waals surface area contributed by atoms with Crippen LogP contribution in [0.25, 0.3) is 0 Å². The number of urea groups is 1. The fourth-order valence-electron chi connectivity index (χ4n) is 2.24. The molecule has 0 saturated carbocycles. The van der Waals surface area contributed by atoms with E-state index < -0.39 is 0 Å². The summed E-state index contributed by atoms with van der Waals surface area (Å²) < 4.78 is 0. The highest BCUT2D eigenvalue weighted by atomic mass is 35.5. The van der Waals surface area contributed by atoms with Crippen LogP contribution >= 0.6 is 23.2 Å². The minimum Gasteiger partial charge on any atom is -0.328 e. The third kappa shape index (κ3) is 4.81. The maximum atomic E-state index is 12.1. The number of nitrogens with two attached hydrogens (primary N) is 1. The van der Waals surface area contributed by atoms with Gasteiger partial charge < -0.3 is 16.0 Å². The van der Waals surface area contributed by atoms with Gasteiger partial charge in [-0.15, -0.1) is 0 Å². The van der Waals surface area contributed by atoms with Gasteiger partial charge in [0, 0.05) is 25.2 Å². The molecule has 1 unspecified atom stereocenters. The van der Waals surface area contributed by atoms with Crippen LogP contribution in [0.5, 0.6) is 0 Å². The van der Waals surface area contributed by atoms with Crippen molar-refractivity contribution in [3.63, 3.8) is 0 Å². The summed E-state index contributed by atoms with van der Waals surface area (Å²) in [6, 6.07) is 4.68. The highest BCUT2D eigenvalue weighted by molar-refractivity contribution is 6.42. The molecule has 4 nitrogen and oxygen atoms in total. The Morgan fingerprint density at radius 1 is 1.27 bits per heavy atom. The zero-order valence-corrected chi connectivity index (χ0v) is 13.8. The summed E-state index contributed by atoms with van der Waals surface area (Å²) in [7, 11) is 0. The summed E-state index contributed by atoms with van der Waals surface area (Å²) in [6.45, 7) is 1.85. The minimum absolute atomic E-state index is 0.0985. The zero-order valence-electron chi connectivity index (χ0n) is 12.2. The van der Waals surface area contributed by atoms with Crippen molar-refractivity contribution >= 4 is 29.2 Å². The molecule has 1 aliphatic heterocycles. The summed E-state index contributed by atoms with van der Waals surface area (Å²) >= 11 is 11.8. The Labute approximate surface area is 140 Å². The molecule has 0 spiro atoms. The quantitative estimate of drug-likeness (QED) is 0.814. The largest absolute Gasteiger partial charge is 0.328 e. The summed E-state index contributed by atoms with van der Waals surface area (Å²) in [5.41, 5.74) is 6.42. The van der Waals surface area contributed by atoms with E-state index in [0.29, 0.717) is 10.0 Å². The predicted molar refractivity (Wildman–Crippen MR) is 90.1 cm³/mol. The van der Waals surface area contributed by atoms with Crippen molar-refractivity contribution in [1.29, 1.82) is 0 Å². The monoisotopic (exact) mass is 339 g/mol. The zero-order chi connectivity index (χ0) is 15.9. The van der Waals surface area contributed by atoms with Gasteiger partial charge in [0.25, 0.3) is 0 Å². The van der Waals surface area contributed by atoms with Crippen molar-refractivity contribution in [2.45, 2.75) is 25.3 Å². The average molecular weight is 340 g/mol.